The second kappa shape index (κ2) is 7.74. The first-order valence-electron chi connectivity index (χ1n) is 6.66. The average molecular weight is 259 g/mol. The lowest BCUT2D eigenvalue weighted by Crippen LogP contribution is -2.50. The van der Waals surface area contributed by atoms with Crippen molar-refractivity contribution in [3.63, 3.8) is 0 Å². The first-order chi connectivity index (χ1) is 8.25. The van der Waals surface area contributed by atoms with Gasteiger partial charge in [-0.2, -0.15) is 0 Å². The highest BCUT2D eigenvalue weighted by Gasteiger charge is 2.32. The lowest BCUT2D eigenvalue weighted by Gasteiger charge is -2.27. The zero-order chi connectivity index (χ0) is 14.2. The summed E-state index contributed by atoms with van der Waals surface area (Å²) in [6, 6.07) is 0. The summed E-state index contributed by atoms with van der Waals surface area (Å²) in [5.74, 6) is -0.233. The zero-order valence-electron chi connectivity index (χ0n) is 12.8. The molecule has 4 nitrogen and oxygen atoms in total. The Morgan fingerprint density at radius 1 is 1.11 bits per heavy atom. The van der Waals surface area contributed by atoms with Gasteiger partial charge in [-0.1, -0.05) is 27.7 Å². The van der Waals surface area contributed by atoms with E-state index in [1.807, 2.05) is 13.8 Å². The largest absolute Gasteiger partial charge is 0.468 e. The molecule has 108 valence electrons. The summed E-state index contributed by atoms with van der Waals surface area (Å²) in [6.45, 7) is 12.4. The minimum absolute atomic E-state index is 0.233. The SMILES string of the molecule is CCNC(C)(CCOCCC(C)(C)C)C(=O)OC. The maximum absolute atomic E-state index is 11.7. The van der Waals surface area contributed by atoms with Crippen LogP contribution in [0.3, 0.4) is 0 Å². The van der Waals surface area contributed by atoms with Gasteiger partial charge < -0.3 is 14.8 Å². The van der Waals surface area contributed by atoms with Crippen molar-refractivity contribution < 1.29 is 14.3 Å². The van der Waals surface area contributed by atoms with Crippen LogP contribution in [-0.4, -0.2) is 38.4 Å². The van der Waals surface area contributed by atoms with E-state index >= 15 is 0 Å². The summed E-state index contributed by atoms with van der Waals surface area (Å²) >= 11 is 0. The first kappa shape index (κ1) is 17.4. The maximum atomic E-state index is 11.7. The van der Waals surface area contributed by atoms with Crippen LogP contribution in [0.2, 0.25) is 0 Å². The number of esters is 1. The molecule has 0 saturated carbocycles. The molecule has 0 radical (unpaired) electrons. The van der Waals surface area contributed by atoms with E-state index in [1.165, 1.54) is 7.11 Å². The monoisotopic (exact) mass is 259 g/mol. The van der Waals surface area contributed by atoms with Gasteiger partial charge in [-0.15, -0.1) is 0 Å². The molecule has 0 aromatic heterocycles. The predicted octanol–water partition coefficient (Wildman–Crippen LogP) is 2.37. The number of rotatable bonds is 8. The van der Waals surface area contributed by atoms with Crippen molar-refractivity contribution in [3.8, 4) is 0 Å². The standard InChI is InChI=1S/C14H29NO3/c1-7-15-14(5,12(16)17-6)9-11-18-10-8-13(2,3)4/h15H,7-11H2,1-6H3. The normalized spacial score (nSPS) is 15.2. The minimum atomic E-state index is -0.648. The van der Waals surface area contributed by atoms with Crippen molar-refractivity contribution in [3.05, 3.63) is 0 Å². The maximum Gasteiger partial charge on any atom is 0.325 e. The van der Waals surface area contributed by atoms with Crippen molar-refractivity contribution in [1.82, 2.24) is 5.32 Å². The summed E-state index contributed by atoms with van der Waals surface area (Å²) in [5, 5.41) is 3.16. The van der Waals surface area contributed by atoms with Gasteiger partial charge in [0.2, 0.25) is 0 Å². The summed E-state index contributed by atoms with van der Waals surface area (Å²) < 4.78 is 10.4. The van der Waals surface area contributed by atoms with Gasteiger partial charge in [0.1, 0.15) is 5.54 Å². The molecule has 0 amide bonds. The van der Waals surface area contributed by atoms with Crippen molar-refractivity contribution in [2.45, 2.75) is 53.0 Å². The highest BCUT2D eigenvalue weighted by Crippen LogP contribution is 2.18. The molecule has 4 heteroatoms. The Morgan fingerprint density at radius 3 is 2.11 bits per heavy atom. The molecule has 0 aliphatic rings. The molecule has 0 rings (SSSR count). The number of ether oxygens (including phenoxy) is 2. The molecule has 0 bridgehead atoms. The number of hydrogen-bond donors (Lipinski definition) is 1. The van der Waals surface area contributed by atoms with E-state index in [-0.39, 0.29) is 11.4 Å². The second-order valence-corrected chi connectivity index (χ2v) is 6.03. The van der Waals surface area contributed by atoms with Gasteiger partial charge in [0, 0.05) is 13.2 Å². The van der Waals surface area contributed by atoms with Gasteiger partial charge in [0.25, 0.3) is 0 Å². The van der Waals surface area contributed by atoms with Gasteiger partial charge in [0.05, 0.1) is 7.11 Å². The van der Waals surface area contributed by atoms with Gasteiger partial charge in [0.15, 0.2) is 0 Å². The van der Waals surface area contributed by atoms with E-state index in [0.717, 1.165) is 19.6 Å². The molecule has 0 aromatic carbocycles. The number of carbonyl (C=O) groups excluding carboxylic acids is 1. The molecule has 0 spiro atoms. The Hall–Kier alpha value is -0.610. The molecule has 0 aliphatic heterocycles. The van der Waals surface area contributed by atoms with Crippen LogP contribution in [0.5, 0.6) is 0 Å². The molecule has 1 atom stereocenters. The topological polar surface area (TPSA) is 47.6 Å². The third kappa shape index (κ3) is 6.97. The second-order valence-electron chi connectivity index (χ2n) is 6.03. The molecule has 0 fully saturated rings. The quantitative estimate of drug-likeness (QED) is 0.537. The molecule has 0 saturated heterocycles. The molecule has 0 aromatic rings. The fourth-order valence-electron chi connectivity index (χ4n) is 1.63. The lowest BCUT2D eigenvalue weighted by atomic mass is 9.93. The van der Waals surface area contributed by atoms with Crippen LogP contribution < -0.4 is 5.32 Å². The molecule has 18 heavy (non-hydrogen) atoms. The van der Waals surface area contributed by atoms with Crippen LogP contribution in [-0.2, 0) is 14.3 Å². The van der Waals surface area contributed by atoms with Crippen molar-refractivity contribution in [1.29, 1.82) is 0 Å². The summed E-state index contributed by atoms with van der Waals surface area (Å²) in [4.78, 5) is 11.7. The third-order valence-electron chi connectivity index (χ3n) is 2.95. The Labute approximate surface area is 111 Å². The molecular formula is C14H29NO3. The highest BCUT2D eigenvalue weighted by molar-refractivity contribution is 5.80. The number of hydrogen-bond acceptors (Lipinski definition) is 4. The smallest absolute Gasteiger partial charge is 0.325 e. The fraction of sp³-hybridized carbons (Fsp3) is 0.929. The van der Waals surface area contributed by atoms with E-state index in [9.17, 15) is 4.79 Å². The zero-order valence-corrected chi connectivity index (χ0v) is 12.8. The number of likely N-dealkylation sites (N-methyl/N-ethyl adjacent to an activating group) is 1. The van der Waals surface area contributed by atoms with Crippen LogP contribution in [0.25, 0.3) is 0 Å². The fourth-order valence-corrected chi connectivity index (χ4v) is 1.63. The van der Waals surface area contributed by atoms with Crippen LogP contribution in [0.15, 0.2) is 0 Å². The molecule has 0 heterocycles. The van der Waals surface area contributed by atoms with Crippen LogP contribution in [0, 0.1) is 5.41 Å². The summed E-state index contributed by atoms with van der Waals surface area (Å²) in [6.07, 6.45) is 1.64. The van der Waals surface area contributed by atoms with Crippen molar-refractivity contribution in [2.75, 3.05) is 26.9 Å². The molecule has 1 unspecified atom stereocenters. The predicted molar refractivity (Wildman–Crippen MR) is 73.6 cm³/mol. The Kier molecular flexibility index (Phi) is 7.48. The van der Waals surface area contributed by atoms with E-state index < -0.39 is 5.54 Å². The van der Waals surface area contributed by atoms with Crippen molar-refractivity contribution >= 4 is 5.97 Å². The average Bonchev–Trinajstić information content (AvgIpc) is 2.26. The van der Waals surface area contributed by atoms with Gasteiger partial charge >= 0.3 is 5.97 Å². The highest BCUT2D eigenvalue weighted by atomic mass is 16.5. The number of carbonyl (C=O) groups is 1. The van der Waals surface area contributed by atoms with Crippen LogP contribution in [0.1, 0.15) is 47.5 Å². The number of methoxy groups -OCH3 is 1. The van der Waals surface area contributed by atoms with E-state index in [4.69, 9.17) is 9.47 Å². The van der Waals surface area contributed by atoms with Gasteiger partial charge in [-0.25, -0.2) is 0 Å². The third-order valence-corrected chi connectivity index (χ3v) is 2.95. The Balaban J connectivity index is 4.02. The van der Waals surface area contributed by atoms with Crippen LogP contribution in [0.4, 0.5) is 0 Å². The van der Waals surface area contributed by atoms with E-state index in [2.05, 4.69) is 26.1 Å². The first-order valence-corrected chi connectivity index (χ1v) is 6.66. The summed E-state index contributed by atoms with van der Waals surface area (Å²) in [5.41, 5.74) is -0.363. The number of nitrogens with one attached hydrogen (secondary N) is 1. The lowest BCUT2D eigenvalue weighted by molar-refractivity contribution is -0.148. The Bertz CT molecular complexity index is 248. The Morgan fingerprint density at radius 2 is 1.67 bits per heavy atom. The minimum Gasteiger partial charge on any atom is -0.468 e. The molecule has 1 N–H and O–H groups in total. The van der Waals surface area contributed by atoms with Gasteiger partial charge in [-0.05, 0) is 31.7 Å². The van der Waals surface area contributed by atoms with Crippen LogP contribution >= 0.6 is 0 Å². The van der Waals surface area contributed by atoms with Crippen molar-refractivity contribution in [2.24, 2.45) is 5.41 Å². The molecule has 0 aliphatic carbocycles. The van der Waals surface area contributed by atoms with Gasteiger partial charge in [-0.3, -0.25) is 4.79 Å². The summed E-state index contributed by atoms with van der Waals surface area (Å²) in [7, 11) is 1.42. The van der Waals surface area contributed by atoms with E-state index in [0.29, 0.717) is 13.0 Å². The van der Waals surface area contributed by atoms with E-state index in [1.54, 1.807) is 0 Å². The molecular weight excluding hydrogens is 230 g/mol.